The van der Waals surface area contributed by atoms with E-state index >= 15 is 0 Å². The lowest BCUT2D eigenvalue weighted by atomic mass is 10.0. The van der Waals surface area contributed by atoms with E-state index in [9.17, 15) is 0 Å². The van der Waals surface area contributed by atoms with Gasteiger partial charge >= 0.3 is 0 Å². The van der Waals surface area contributed by atoms with Gasteiger partial charge in [0.05, 0.1) is 26.0 Å². The van der Waals surface area contributed by atoms with Crippen molar-refractivity contribution < 1.29 is 14.2 Å². The van der Waals surface area contributed by atoms with Gasteiger partial charge in [-0.1, -0.05) is 26.0 Å². The molecule has 2 aromatic rings. The third-order valence-electron chi connectivity index (χ3n) is 3.58. The smallest absolute Gasteiger partial charge is 0.142 e. The van der Waals surface area contributed by atoms with Crippen LogP contribution in [0.15, 0.2) is 42.5 Å². The van der Waals surface area contributed by atoms with Crippen molar-refractivity contribution in [2.24, 2.45) is 0 Å². The lowest BCUT2D eigenvalue weighted by Crippen LogP contribution is -2.06. The van der Waals surface area contributed by atoms with E-state index in [-0.39, 0.29) is 0 Å². The molecule has 0 radical (unpaired) electrons. The van der Waals surface area contributed by atoms with E-state index in [1.807, 2.05) is 24.3 Å². The highest BCUT2D eigenvalue weighted by molar-refractivity contribution is 5.56. The van der Waals surface area contributed by atoms with Gasteiger partial charge in [0.2, 0.25) is 0 Å². The zero-order valence-electron chi connectivity index (χ0n) is 14.0. The molecule has 0 spiro atoms. The lowest BCUT2D eigenvalue weighted by molar-refractivity contribution is 0.248. The van der Waals surface area contributed by atoms with Crippen LogP contribution >= 0.6 is 0 Å². The van der Waals surface area contributed by atoms with Gasteiger partial charge in [0.25, 0.3) is 0 Å². The van der Waals surface area contributed by atoms with Gasteiger partial charge < -0.3 is 19.9 Å². The van der Waals surface area contributed by atoms with Gasteiger partial charge in [-0.15, -0.1) is 0 Å². The summed E-state index contributed by atoms with van der Waals surface area (Å²) in [7, 11) is 1.61. The molecule has 0 aliphatic carbocycles. The summed E-state index contributed by atoms with van der Waals surface area (Å²) in [5.74, 6) is 2.82. The maximum Gasteiger partial charge on any atom is 0.142 e. The summed E-state index contributed by atoms with van der Waals surface area (Å²) in [6.45, 7) is 5.52. The predicted octanol–water partition coefficient (Wildman–Crippen LogP) is 4.25. The van der Waals surface area contributed by atoms with Gasteiger partial charge in [0, 0.05) is 12.5 Å². The number of rotatable bonds is 8. The molecule has 0 aromatic heterocycles. The van der Waals surface area contributed by atoms with E-state index in [1.54, 1.807) is 13.2 Å². The van der Waals surface area contributed by atoms with Crippen molar-refractivity contribution >= 4 is 5.69 Å². The van der Waals surface area contributed by atoms with E-state index in [1.165, 1.54) is 5.56 Å². The summed E-state index contributed by atoms with van der Waals surface area (Å²) in [5, 5.41) is 0. The average molecular weight is 315 g/mol. The molecule has 0 aliphatic rings. The van der Waals surface area contributed by atoms with Crippen molar-refractivity contribution in [2.45, 2.75) is 26.2 Å². The van der Waals surface area contributed by atoms with Gasteiger partial charge in [-0.2, -0.15) is 0 Å². The molecule has 0 aliphatic heterocycles. The van der Waals surface area contributed by atoms with Crippen molar-refractivity contribution in [3.05, 3.63) is 48.0 Å². The number of hydrogen-bond acceptors (Lipinski definition) is 4. The van der Waals surface area contributed by atoms with Crippen LogP contribution in [0, 0.1) is 0 Å². The first-order chi connectivity index (χ1) is 11.1. The van der Waals surface area contributed by atoms with Gasteiger partial charge in [-0.05, 0) is 35.7 Å². The van der Waals surface area contributed by atoms with Crippen LogP contribution in [0.2, 0.25) is 0 Å². The topological polar surface area (TPSA) is 53.7 Å². The molecule has 0 unspecified atom stereocenters. The number of nitrogen functional groups attached to an aromatic ring is 1. The number of ether oxygens (including phenoxy) is 3. The molecule has 0 bridgehead atoms. The Morgan fingerprint density at radius 2 is 1.57 bits per heavy atom. The van der Waals surface area contributed by atoms with Gasteiger partial charge in [0.1, 0.15) is 17.2 Å². The second-order valence-corrected chi connectivity index (χ2v) is 5.68. The van der Waals surface area contributed by atoms with Gasteiger partial charge in [0.15, 0.2) is 0 Å². The van der Waals surface area contributed by atoms with Gasteiger partial charge in [-0.25, -0.2) is 0 Å². The van der Waals surface area contributed by atoms with Crippen LogP contribution < -0.4 is 19.9 Å². The molecule has 0 saturated carbocycles. The standard InChI is InChI=1S/C19H25NO3/c1-14(2)15-5-7-16(8-6-15)22-11-4-12-23-19-10-9-17(21-3)13-18(19)20/h5-10,13-14H,4,11-12,20H2,1-3H3. The van der Waals surface area contributed by atoms with Crippen molar-refractivity contribution in [1.82, 2.24) is 0 Å². The minimum atomic E-state index is 0.535. The third-order valence-corrected chi connectivity index (χ3v) is 3.58. The Hall–Kier alpha value is -2.36. The molecule has 0 fully saturated rings. The van der Waals surface area contributed by atoms with Crippen LogP contribution in [0.3, 0.4) is 0 Å². The highest BCUT2D eigenvalue weighted by Crippen LogP contribution is 2.26. The summed E-state index contributed by atoms with van der Waals surface area (Å²) in [6.07, 6.45) is 0.789. The predicted molar refractivity (Wildman–Crippen MR) is 93.5 cm³/mol. The number of benzene rings is 2. The largest absolute Gasteiger partial charge is 0.497 e. The molecular formula is C19H25NO3. The maximum absolute atomic E-state index is 5.90. The van der Waals surface area contributed by atoms with Crippen molar-refractivity contribution in [2.75, 3.05) is 26.1 Å². The highest BCUT2D eigenvalue weighted by atomic mass is 16.5. The maximum atomic E-state index is 5.90. The summed E-state index contributed by atoms with van der Waals surface area (Å²) in [6, 6.07) is 13.6. The zero-order valence-corrected chi connectivity index (χ0v) is 14.0. The molecule has 0 heterocycles. The molecule has 2 N–H and O–H groups in total. The van der Waals surface area contributed by atoms with E-state index in [2.05, 4.69) is 26.0 Å². The fraction of sp³-hybridized carbons (Fsp3) is 0.368. The Morgan fingerprint density at radius 1 is 0.913 bits per heavy atom. The Kier molecular flexibility index (Phi) is 6.15. The second kappa shape index (κ2) is 8.32. The first kappa shape index (κ1) is 17.0. The van der Waals surface area contributed by atoms with Crippen LogP contribution in [-0.2, 0) is 0 Å². The summed E-state index contributed by atoms with van der Waals surface area (Å²) in [5.41, 5.74) is 7.80. The fourth-order valence-corrected chi connectivity index (χ4v) is 2.16. The Labute approximate surface area is 138 Å². The molecule has 0 amide bonds. The molecule has 0 saturated heterocycles. The summed E-state index contributed by atoms with van der Waals surface area (Å²) < 4.78 is 16.5. The normalized spacial score (nSPS) is 10.6. The monoisotopic (exact) mass is 315 g/mol. The lowest BCUT2D eigenvalue weighted by Gasteiger charge is -2.11. The number of methoxy groups -OCH3 is 1. The van der Waals surface area contributed by atoms with Crippen molar-refractivity contribution in [3.63, 3.8) is 0 Å². The number of anilines is 1. The minimum absolute atomic E-state index is 0.535. The molecule has 0 atom stereocenters. The SMILES string of the molecule is COc1ccc(OCCCOc2ccc(C(C)C)cc2)c(N)c1. The Bertz CT molecular complexity index is 609. The van der Waals surface area contributed by atoms with Crippen molar-refractivity contribution in [1.29, 1.82) is 0 Å². The fourth-order valence-electron chi connectivity index (χ4n) is 2.16. The molecular weight excluding hydrogens is 290 g/mol. The van der Waals surface area contributed by atoms with Crippen LogP contribution in [0.25, 0.3) is 0 Å². The van der Waals surface area contributed by atoms with Crippen LogP contribution in [-0.4, -0.2) is 20.3 Å². The van der Waals surface area contributed by atoms with Crippen LogP contribution in [0.1, 0.15) is 31.7 Å². The number of nitrogens with two attached hydrogens (primary N) is 1. The molecule has 23 heavy (non-hydrogen) atoms. The van der Waals surface area contributed by atoms with E-state index < -0.39 is 0 Å². The van der Waals surface area contributed by atoms with E-state index in [0.29, 0.717) is 30.6 Å². The molecule has 4 nitrogen and oxygen atoms in total. The Morgan fingerprint density at radius 3 is 2.17 bits per heavy atom. The molecule has 2 rings (SSSR count). The average Bonchev–Trinajstić information content (AvgIpc) is 2.56. The van der Waals surface area contributed by atoms with Crippen molar-refractivity contribution in [3.8, 4) is 17.2 Å². The summed E-state index contributed by atoms with van der Waals surface area (Å²) in [4.78, 5) is 0. The Balaban J connectivity index is 1.71. The van der Waals surface area contributed by atoms with Crippen LogP contribution in [0.5, 0.6) is 17.2 Å². The first-order valence-corrected chi connectivity index (χ1v) is 7.89. The zero-order chi connectivity index (χ0) is 16.7. The first-order valence-electron chi connectivity index (χ1n) is 7.89. The third kappa shape index (κ3) is 5.09. The quantitative estimate of drug-likeness (QED) is 0.584. The number of hydrogen-bond donors (Lipinski definition) is 1. The molecule has 4 heteroatoms. The highest BCUT2D eigenvalue weighted by Gasteiger charge is 2.03. The summed E-state index contributed by atoms with van der Waals surface area (Å²) >= 11 is 0. The molecule has 2 aromatic carbocycles. The second-order valence-electron chi connectivity index (χ2n) is 5.68. The van der Waals surface area contributed by atoms with Gasteiger partial charge in [-0.3, -0.25) is 0 Å². The minimum Gasteiger partial charge on any atom is -0.497 e. The van der Waals surface area contributed by atoms with E-state index in [0.717, 1.165) is 17.9 Å². The van der Waals surface area contributed by atoms with Crippen LogP contribution in [0.4, 0.5) is 5.69 Å². The molecule has 124 valence electrons. The van der Waals surface area contributed by atoms with E-state index in [4.69, 9.17) is 19.9 Å².